The second kappa shape index (κ2) is 3.38. The van der Waals surface area contributed by atoms with Gasteiger partial charge < -0.3 is 5.21 Å². The average molecular weight is 187 g/mol. The smallest absolute Gasteiger partial charge is 0.311 e. The van der Waals surface area contributed by atoms with E-state index in [1.165, 1.54) is 0 Å². The molecule has 3 nitrogen and oxygen atoms in total. The first-order valence-corrected chi connectivity index (χ1v) is 4.33. The summed E-state index contributed by atoms with van der Waals surface area (Å²) in [5.41, 5.74) is 7.46. The number of nitrogens with two attached hydrogens (primary N) is 1. The number of hydrogen-bond donors (Lipinski definition) is 2. The van der Waals surface area contributed by atoms with E-state index in [9.17, 15) is 5.21 Å². The van der Waals surface area contributed by atoms with Gasteiger partial charge in [0.25, 0.3) is 0 Å². The summed E-state index contributed by atoms with van der Waals surface area (Å²) < 4.78 is 0.919. The van der Waals surface area contributed by atoms with E-state index in [1.807, 2.05) is 36.4 Å². The van der Waals surface area contributed by atoms with Crippen LogP contribution in [0, 0.1) is 0 Å². The molecule has 3 heteroatoms. The number of anilines is 1. The van der Waals surface area contributed by atoms with Crippen molar-refractivity contribution in [3.63, 3.8) is 0 Å². The summed E-state index contributed by atoms with van der Waals surface area (Å²) >= 11 is 0. The molecule has 0 spiro atoms. The lowest BCUT2D eigenvalue weighted by molar-refractivity contribution is -0.893. The van der Waals surface area contributed by atoms with Crippen LogP contribution in [-0.4, -0.2) is 5.21 Å². The molecular weight excluding hydrogens is 176 g/mol. The Morgan fingerprint density at radius 3 is 2.29 bits per heavy atom. The molecule has 0 aliphatic heterocycles. The van der Waals surface area contributed by atoms with Gasteiger partial charge in [0.15, 0.2) is 0 Å². The highest BCUT2D eigenvalue weighted by Gasteiger charge is 2.04. The fourth-order valence-corrected chi connectivity index (χ4v) is 1.30. The van der Waals surface area contributed by atoms with Crippen molar-refractivity contribution in [1.29, 1.82) is 0 Å². The number of hydrogen-bond acceptors (Lipinski definition) is 2. The molecule has 1 heterocycles. The molecule has 0 fully saturated rings. The van der Waals surface area contributed by atoms with Crippen LogP contribution in [0.1, 0.15) is 0 Å². The molecule has 0 radical (unpaired) electrons. The van der Waals surface area contributed by atoms with Crippen LogP contribution in [0.25, 0.3) is 11.1 Å². The van der Waals surface area contributed by atoms with Crippen molar-refractivity contribution in [2.75, 3.05) is 5.73 Å². The molecule has 0 atom stereocenters. The standard InChI is InChI=1S/C11H10N2O/c12-11-7-6-10(8-13(11)14)9-4-2-1-3-5-9/h1-8,12,14H/p+1. The number of rotatable bonds is 1. The molecule has 0 aliphatic rings. The Balaban J connectivity index is 2.48. The van der Waals surface area contributed by atoms with Crippen molar-refractivity contribution in [2.45, 2.75) is 0 Å². The fraction of sp³-hybridized carbons (Fsp3) is 0. The third-order valence-corrected chi connectivity index (χ3v) is 2.07. The third-order valence-electron chi connectivity index (χ3n) is 2.07. The summed E-state index contributed by atoms with van der Waals surface area (Å²) in [7, 11) is 0. The molecule has 0 saturated heterocycles. The number of aromatic nitrogens is 1. The normalized spacial score (nSPS) is 10.0. The minimum Gasteiger partial charge on any atom is -0.350 e. The van der Waals surface area contributed by atoms with E-state index in [4.69, 9.17) is 5.73 Å². The second-order valence-corrected chi connectivity index (χ2v) is 3.05. The number of benzene rings is 1. The van der Waals surface area contributed by atoms with Crippen molar-refractivity contribution in [2.24, 2.45) is 0 Å². The van der Waals surface area contributed by atoms with Gasteiger partial charge in [-0.05, 0) is 11.6 Å². The molecule has 0 amide bonds. The van der Waals surface area contributed by atoms with E-state index < -0.39 is 0 Å². The summed E-state index contributed by atoms with van der Waals surface area (Å²) in [6.07, 6.45) is 1.59. The molecule has 3 N–H and O–H groups in total. The van der Waals surface area contributed by atoms with Gasteiger partial charge in [0.2, 0.25) is 0 Å². The lowest BCUT2D eigenvalue weighted by atomic mass is 10.1. The molecule has 14 heavy (non-hydrogen) atoms. The zero-order valence-electron chi connectivity index (χ0n) is 7.59. The van der Waals surface area contributed by atoms with Crippen LogP contribution in [0.5, 0.6) is 0 Å². The number of nitrogens with zero attached hydrogens (tertiary/aromatic N) is 1. The van der Waals surface area contributed by atoms with E-state index in [2.05, 4.69) is 0 Å². The Morgan fingerprint density at radius 2 is 1.64 bits per heavy atom. The lowest BCUT2D eigenvalue weighted by Gasteiger charge is -2.00. The molecule has 0 aliphatic carbocycles. The van der Waals surface area contributed by atoms with Gasteiger partial charge in [-0.25, -0.2) is 0 Å². The predicted molar refractivity (Wildman–Crippen MR) is 53.7 cm³/mol. The first-order valence-electron chi connectivity index (χ1n) is 4.33. The van der Waals surface area contributed by atoms with Crippen LogP contribution < -0.4 is 10.5 Å². The van der Waals surface area contributed by atoms with E-state index >= 15 is 0 Å². The molecule has 0 bridgehead atoms. The maximum absolute atomic E-state index is 9.35. The quantitative estimate of drug-likeness (QED) is 0.524. The highest BCUT2D eigenvalue weighted by molar-refractivity contribution is 5.61. The topological polar surface area (TPSA) is 50.1 Å². The third kappa shape index (κ3) is 1.52. The highest BCUT2D eigenvalue weighted by Crippen LogP contribution is 2.16. The molecule has 2 rings (SSSR count). The first-order chi connectivity index (χ1) is 6.77. The van der Waals surface area contributed by atoms with Crippen LogP contribution in [0.3, 0.4) is 0 Å². The van der Waals surface area contributed by atoms with E-state index in [0.717, 1.165) is 15.9 Å². The molecular formula is C11H11N2O+. The monoisotopic (exact) mass is 187 g/mol. The van der Waals surface area contributed by atoms with Crippen LogP contribution in [0.15, 0.2) is 48.7 Å². The van der Waals surface area contributed by atoms with Gasteiger partial charge in [-0.15, -0.1) is 0 Å². The zero-order valence-corrected chi connectivity index (χ0v) is 7.59. The Hall–Kier alpha value is -2.03. The number of pyridine rings is 1. The van der Waals surface area contributed by atoms with Crippen molar-refractivity contribution in [3.8, 4) is 11.1 Å². The van der Waals surface area contributed by atoms with Crippen LogP contribution in [0.2, 0.25) is 0 Å². The molecule has 0 unspecified atom stereocenters. The minimum absolute atomic E-state index is 0.324. The molecule has 1 aromatic heterocycles. The summed E-state index contributed by atoms with van der Waals surface area (Å²) in [4.78, 5) is 0. The summed E-state index contributed by atoms with van der Waals surface area (Å²) in [6.45, 7) is 0. The van der Waals surface area contributed by atoms with E-state index in [0.29, 0.717) is 5.82 Å². The molecule has 2 aromatic rings. The predicted octanol–water partition coefficient (Wildman–Crippen LogP) is 1.46. The second-order valence-electron chi connectivity index (χ2n) is 3.05. The van der Waals surface area contributed by atoms with E-state index in [1.54, 1.807) is 12.3 Å². The van der Waals surface area contributed by atoms with Crippen LogP contribution in [0.4, 0.5) is 5.82 Å². The van der Waals surface area contributed by atoms with Crippen molar-refractivity contribution < 1.29 is 9.94 Å². The maximum Gasteiger partial charge on any atom is 0.311 e. The van der Waals surface area contributed by atoms with Crippen molar-refractivity contribution in [1.82, 2.24) is 0 Å². The summed E-state index contributed by atoms with van der Waals surface area (Å²) in [5.74, 6) is 0.324. The Kier molecular flexibility index (Phi) is 2.07. The van der Waals surface area contributed by atoms with Gasteiger partial charge in [-0.3, -0.25) is 5.73 Å². The SMILES string of the molecule is Nc1ccc(-c2ccccc2)c[n+]1O. The Labute approximate surface area is 82.0 Å². The summed E-state index contributed by atoms with van der Waals surface area (Å²) in [6, 6.07) is 13.4. The lowest BCUT2D eigenvalue weighted by Crippen LogP contribution is -2.33. The fourth-order valence-electron chi connectivity index (χ4n) is 1.30. The summed E-state index contributed by atoms with van der Waals surface area (Å²) in [5, 5.41) is 9.35. The van der Waals surface area contributed by atoms with Crippen molar-refractivity contribution >= 4 is 5.82 Å². The van der Waals surface area contributed by atoms with E-state index in [-0.39, 0.29) is 0 Å². The van der Waals surface area contributed by atoms with Crippen LogP contribution >= 0.6 is 0 Å². The molecule has 0 saturated carbocycles. The first kappa shape index (κ1) is 8.56. The van der Waals surface area contributed by atoms with Gasteiger partial charge in [-0.2, -0.15) is 0 Å². The van der Waals surface area contributed by atoms with Gasteiger partial charge in [-0.1, -0.05) is 35.1 Å². The maximum atomic E-state index is 9.35. The highest BCUT2D eigenvalue weighted by atomic mass is 16.5. The minimum atomic E-state index is 0.324. The average Bonchev–Trinajstić information content (AvgIpc) is 2.23. The Bertz CT molecular complexity index is 440. The Morgan fingerprint density at radius 1 is 0.929 bits per heavy atom. The zero-order chi connectivity index (χ0) is 9.97. The molecule has 70 valence electrons. The van der Waals surface area contributed by atoms with Crippen LogP contribution in [-0.2, 0) is 0 Å². The van der Waals surface area contributed by atoms with Gasteiger partial charge in [0, 0.05) is 11.6 Å². The van der Waals surface area contributed by atoms with Gasteiger partial charge in [0.1, 0.15) is 6.20 Å². The molecule has 1 aromatic carbocycles. The van der Waals surface area contributed by atoms with Gasteiger partial charge >= 0.3 is 5.82 Å². The van der Waals surface area contributed by atoms with Gasteiger partial charge in [0.05, 0.1) is 0 Å². The number of nitrogen functional groups attached to an aromatic ring is 1. The van der Waals surface area contributed by atoms with Crippen molar-refractivity contribution in [3.05, 3.63) is 48.7 Å². The largest absolute Gasteiger partial charge is 0.350 e.